The number of amides is 1. The Kier molecular flexibility index (Phi) is 8.16. The number of hydrogen-bond donors (Lipinski definition) is 2. The lowest BCUT2D eigenvalue weighted by Crippen LogP contribution is -2.21. The van der Waals surface area contributed by atoms with E-state index in [-0.39, 0.29) is 11.7 Å². The number of nitriles is 1. The van der Waals surface area contributed by atoms with Crippen LogP contribution in [0.15, 0.2) is 4.34 Å². The van der Waals surface area contributed by atoms with E-state index in [1.807, 2.05) is 13.8 Å². The van der Waals surface area contributed by atoms with Crippen LogP contribution >= 0.6 is 23.1 Å². The topological polar surface area (TPSA) is 95.6 Å². The van der Waals surface area contributed by atoms with Crippen LogP contribution in [0.5, 0.6) is 0 Å². The summed E-state index contributed by atoms with van der Waals surface area (Å²) in [5.74, 6) is 0.772. The molecular formula is C21H30N6OS2. The summed E-state index contributed by atoms with van der Waals surface area (Å²) in [4.78, 5) is 12.7. The van der Waals surface area contributed by atoms with Gasteiger partial charge in [-0.15, -0.1) is 10.2 Å². The molecule has 0 aliphatic heterocycles. The number of nitrogens with one attached hydrogen (secondary N) is 2. The van der Waals surface area contributed by atoms with Crippen molar-refractivity contribution < 1.29 is 4.79 Å². The third kappa shape index (κ3) is 5.35. The molecule has 30 heavy (non-hydrogen) atoms. The summed E-state index contributed by atoms with van der Waals surface area (Å²) in [6.07, 6.45) is 8.05. The molecule has 0 unspecified atom stereocenters. The number of unbranched alkanes of at least 4 members (excludes halogenated alkanes) is 1. The Balaban J connectivity index is 1.66. The van der Waals surface area contributed by atoms with Gasteiger partial charge in [0.1, 0.15) is 11.9 Å². The van der Waals surface area contributed by atoms with Crippen molar-refractivity contribution in [1.29, 1.82) is 5.26 Å². The molecular weight excluding hydrogens is 416 g/mol. The van der Waals surface area contributed by atoms with Gasteiger partial charge in [-0.1, -0.05) is 55.7 Å². The maximum absolute atomic E-state index is 12.7. The molecule has 0 bridgehead atoms. The molecule has 1 amide bonds. The Morgan fingerprint density at radius 2 is 2.07 bits per heavy atom. The predicted molar refractivity (Wildman–Crippen MR) is 123 cm³/mol. The van der Waals surface area contributed by atoms with E-state index in [2.05, 4.69) is 38.4 Å². The van der Waals surface area contributed by atoms with Crippen LogP contribution in [0.1, 0.15) is 74.7 Å². The Labute approximate surface area is 186 Å². The standard InChI is InChI=1S/C21H30N6OS2/c1-4-5-11-23-20-25-26-21(30-20)29-13-18(28)24-19-17(12-22)14(2)15(3)27(19)16-9-7-6-8-10-16/h16H,4-11,13H2,1-3H3,(H,23,25)(H,24,28). The number of nitrogens with zero attached hydrogens (tertiary/aromatic N) is 4. The Bertz CT molecular complexity index is 907. The van der Waals surface area contributed by atoms with Gasteiger partial charge in [-0.05, 0) is 38.7 Å². The number of thioether (sulfide) groups is 1. The second-order valence-electron chi connectivity index (χ2n) is 7.70. The third-order valence-electron chi connectivity index (χ3n) is 5.61. The molecule has 1 fully saturated rings. The zero-order valence-corrected chi connectivity index (χ0v) is 19.6. The minimum atomic E-state index is -0.123. The molecule has 2 heterocycles. The molecule has 1 saturated carbocycles. The maximum atomic E-state index is 12.7. The summed E-state index contributed by atoms with van der Waals surface area (Å²) >= 11 is 2.84. The lowest BCUT2D eigenvalue weighted by molar-refractivity contribution is -0.113. The van der Waals surface area contributed by atoms with E-state index in [0.29, 0.717) is 17.4 Å². The highest BCUT2D eigenvalue weighted by Crippen LogP contribution is 2.37. The first-order valence-electron chi connectivity index (χ1n) is 10.7. The van der Waals surface area contributed by atoms with Gasteiger partial charge in [0.15, 0.2) is 4.34 Å². The van der Waals surface area contributed by atoms with Crippen LogP contribution in [0, 0.1) is 25.2 Å². The monoisotopic (exact) mass is 446 g/mol. The molecule has 9 heteroatoms. The van der Waals surface area contributed by atoms with E-state index >= 15 is 0 Å². The molecule has 0 aromatic carbocycles. The Morgan fingerprint density at radius 1 is 1.30 bits per heavy atom. The predicted octanol–water partition coefficient (Wildman–Crippen LogP) is 5.28. The quantitative estimate of drug-likeness (QED) is 0.402. The number of hydrogen-bond acceptors (Lipinski definition) is 7. The average Bonchev–Trinajstić information content (AvgIpc) is 3.30. The van der Waals surface area contributed by atoms with Crippen molar-refractivity contribution in [1.82, 2.24) is 14.8 Å². The van der Waals surface area contributed by atoms with Crippen LogP contribution in [-0.2, 0) is 4.79 Å². The number of rotatable bonds is 9. The van der Waals surface area contributed by atoms with Gasteiger partial charge >= 0.3 is 0 Å². The van der Waals surface area contributed by atoms with Crippen molar-refractivity contribution in [3.63, 3.8) is 0 Å². The van der Waals surface area contributed by atoms with Crippen molar-refractivity contribution in [3.05, 3.63) is 16.8 Å². The van der Waals surface area contributed by atoms with Crippen LogP contribution < -0.4 is 10.6 Å². The molecule has 3 rings (SSSR count). The minimum Gasteiger partial charge on any atom is -0.360 e. The third-order valence-corrected chi connectivity index (χ3v) is 7.62. The highest BCUT2D eigenvalue weighted by molar-refractivity contribution is 8.01. The highest BCUT2D eigenvalue weighted by atomic mass is 32.2. The normalized spacial score (nSPS) is 14.5. The second-order valence-corrected chi connectivity index (χ2v) is 9.90. The van der Waals surface area contributed by atoms with Crippen LogP contribution in [0.2, 0.25) is 0 Å². The summed E-state index contributed by atoms with van der Waals surface area (Å²) in [5, 5.41) is 25.0. The smallest absolute Gasteiger partial charge is 0.235 e. The van der Waals surface area contributed by atoms with Gasteiger partial charge < -0.3 is 15.2 Å². The highest BCUT2D eigenvalue weighted by Gasteiger charge is 2.26. The molecule has 2 N–H and O–H groups in total. The van der Waals surface area contributed by atoms with E-state index in [1.54, 1.807) is 0 Å². The van der Waals surface area contributed by atoms with Gasteiger partial charge in [-0.2, -0.15) is 5.26 Å². The molecule has 0 radical (unpaired) electrons. The number of aromatic nitrogens is 3. The summed E-state index contributed by atoms with van der Waals surface area (Å²) in [7, 11) is 0. The number of carbonyl (C=O) groups is 1. The van der Waals surface area contributed by atoms with Gasteiger partial charge in [0.25, 0.3) is 0 Å². The second kappa shape index (κ2) is 10.8. The van der Waals surface area contributed by atoms with E-state index in [1.165, 1.54) is 42.4 Å². The van der Waals surface area contributed by atoms with Crippen molar-refractivity contribution in [2.75, 3.05) is 22.9 Å². The lowest BCUT2D eigenvalue weighted by Gasteiger charge is -2.27. The largest absolute Gasteiger partial charge is 0.360 e. The van der Waals surface area contributed by atoms with E-state index in [4.69, 9.17) is 0 Å². The fourth-order valence-corrected chi connectivity index (χ4v) is 5.47. The Morgan fingerprint density at radius 3 is 2.77 bits per heavy atom. The molecule has 0 atom stereocenters. The maximum Gasteiger partial charge on any atom is 0.235 e. The summed E-state index contributed by atoms with van der Waals surface area (Å²) in [6, 6.07) is 2.65. The summed E-state index contributed by atoms with van der Waals surface area (Å²) < 4.78 is 2.95. The first-order valence-corrected chi connectivity index (χ1v) is 12.5. The molecule has 0 saturated heterocycles. The first kappa shape index (κ1) is 22.6. The average molecular weight is 447 g/mol. The minimum absolute atomic E-state index is 0.123. The van der Waals surface area contributed by atoms with Crippen molar-refractivity contribution in [2.45, 2.75) is 76.1 Å². The van der Waals surface area contributed by atoms with Crippen molar-refractivity contribution >= 4 is 40.0 Å². The van der Waals surface area contributed by atoms with E-state index in [0.717, 1.165) is 53.0 Å². The zero-order chi connectivity index (χ0) is 21.5. The molecule has 2 aromatic rings. The fraction of sp³-hybridized carbons (Fsp3) is 0.619. The van der Waals surface area contributed by atoms with Gasteiger partial charge in [0.05, 0.1) is 11.3 Å². The van der Waals surface area contributed by atoms with E-state index in [9.17, 15) is 10.1 Å². The van der Waals surface area contributed by atoms with Gasteiger partial charge in [0, 0.05) is 18.3 Å². The molecule has 162 valence electrons. The Hall–Kier alpha value is -2.05. The molecule has 1 aliphatic rings. The van der Waals surface area contributed by atoms with Gasteiger partial charge in [-0.25, -0.2) is 0 Å². The molecule has 1 aliphatic carbocycles. The van der Waals surface area contributed by atoms with Crippen LogP contribution in [0.3, 0.4) is 0 Å². The number of anilines is 2. The van der Waals surface area contributed by atoms with Gasteiger partial charge in [-0.3, -0.25) is 4.79 Å². The number of carbonyl (C=O) groups excluding carboxylic acids is 1. The summed E-state index contributed by atoms with van der Waals surface area (Å²) in [6.45, 7) is 7.03. The van der Waals surface area contributed by atoms with E-state index < -0.39 is 0 Å². The van der Waals surface area contributed by atoms with Crippen LogP contribution in [0.25, 0.3) is 0 Å². The van der Waals surface area contributed by atoms with Gasteiger partial charge in [0.2, 0.25) is 11.0 Å². The lowest BCUT2D eigenvalue weighted by atomic mass is 9.95. The molecule has 0 spiro atoms. The summed E-state index contributed by atoms with van der Waals surface area (Å²) in [5.41, 5.74) is 2.61. The molecule has 2 aromatic heterocycles. The zero-order valence-electron chi connectivity index (χ0n) is 18.0. The van der Waals surface area contributed by atoms with Crippen molar-refractivity contribution in [2.24, 2.45) is 0 Å². The van der Waals surface area contributed by atoms with Crippen LogP contribution in [0.4, 0.5) is 10.9 Å². The fourth-order valence-electron chi connectivity index (χ4n) is 3.89. The van der Waals surface area contributed by atoms with Crippen LogP contribution in [-0.4, -0.2) is 33.0 Å². The molecule has 7 nitrogen and oxygen atoms in total. The SMILES string of the molecule is CCCCNc1nnc(SCC(=O)Nc2c(C#N)c(C)c(C)n2C2CCCCC2)s1. The van der Waals surface area contributed by atoms with Crippen molar-refractivity contribution in [3.8, 4) is 6.07 Å². The first-order chi connectivity index (χ1) is 14.5.